The van der Waals surface area contributed by atoms with Gasteiger partial charge in [-0.15, -0.1) is 0 Å². The van der Waals surface area contributed by atoms with Crippen LogP contribution in [0.25, 0.3) is 0 Å². The summed E-state index contributed by atoms with van der Waals surface area (Å²) in [4.78, 5) is 6.69. The number of aliphatic imine (C=N–C) groups is 1. The minimum atomic E-state index is 0.141. The highest BCUT2D eigenvalue weighted by Gasteiger charge is 2.26. The van der Waals surface area contributed by atoms with Gasteiger partial charge in [0.2, 0.25) is 0 Å². The summed E-state index contributed by atoms with van der Waals surface area (Å²) >= 11 is 0. The number of allylic oxidation sites excluding steroid dienone is 2. The van der Waals surface area contributed by atoms with Gasteiger partial charge in [0.15, 0.2) is 0 Å². The minimum Gasteiger partial charge on any atom is -0.334 e. The third-order valence-corrected chi connectivity index (χ3v) is 1.95. The summed E-state index contributed by atoms with van der Waals surface area (Å²) in [7, 11) is 0. The van der Waals surface area contributed by atoms with Gasteiger partial charge in [-0.3, -0.25) is 4.99 Å². The third kappa shape index (κ3) is 2.44. The molecule has 0 N–H and O–H groups in total. The van der Waals surface area contributed by atoms with Crippen LogP contribution in [-0.2, 0) is 0 Å². The number of hydrogen-bond acceptors (Lipinski definition) is 2. The van der Waals surface area contributed by atoms with Gasteiger partial charge in [0.1, 0.15) is 5.84 Å². The van der Waals surface area contributed by atoms with Crippen LogP contribution in [0.3, 0.4) is 0 Å². The molecule has 2 heteroatoms. The van der Waals surface area contributed by atoms with Crippen molar-refractivity contribution in [3.05, 3.63) is 24.9 Å². The highest BCUT2D eigenvalue weighted by atomic mass is 15.2. The van der Waals surface area contributed by atoms with Crippen LogP contribution in [0.4, 0.5) is 0 Å². The molecule has 13 heavy (non-hydrogen) atoms. The summed E-state index contributed by atoms with van der Waals surface area (Å²) in [5.74, 6) is 1.17. The van der Waals surface area contributed by atoms with Crippen molar-refractivity contribution >= 4 is 5.84 Å². The van der Waals surface area contributed by atoms with Crippen LogP contribution in [0.1, 0.15) is 20.8 Å². The Morgan fingerprint density at radius 3 is 2.69 bits per heavy atom. The lowest BCUT2D eigenvalue weighted by molar-refractivity contribution is 0.494. The van der Waals surface area contributed by atoms with Crippen LogP contribution in [0, 0.1) is 5.41 Å². The lowest BCUT2D eigenvalue weighted by Gasteiger charge is -2.26. The van der Waals surface area contributed by atoms with Gasteiger partial charge in [0.25, 0.3) is 0 Å². The fourth-order valence-corrected chi connectivity index (χ4v) is 1.44. The van der Waals surface area contributed by atoms with Crippen LogP contribution in [0.5, 0.6) is 0 Å². The van der Waals surface area contributed by atoms with E-state index in [0.717, 1.165) is 13.1 Å². The van der Waals surface area contributed by atoms with Crippen molar-refractivity contribution in [2.45, 2.75) is 20.8 Å². The lowest BCUT2D eigenvalue weighted by Crippen LogP contribution is -2.32. The summed E-state index contributed by atoms with van der Waals surface area (Å²) in [6.07, 6.45) is 5.79. The van der Waals surface area contributed by atoms with Crippen molar-refractivity contribution in [3.63, 3.8) is 0 Å². The maximum atomic E-state index is 4.50. The molecule has 1 aliphatic heterocycles. The maximum absolute atomic E-state index is 4.50. The zero-order chi connectivity index (χ0) is 9.90. The van der Waals surface area contributed by atoms with E-state index in [-0.39, 0.29) is 5.41 Å². The zero-order valence-corrected chi connectivity index (χ0v) is 8.75. The van der Waals surface area contributed by atoms with E-state index in [0.29, 0.717) is 0 Å². The molecule has 0 saturated heterocycles. The average molecular weight is 178 g/mol. The molecule has 0 aromatic heterocycles. The molecule has 1 aliphatic rings. The Morgan fingerprint density at radius 1 is 1.46 bits per heavy atom. The summed E-state index contributed by atoms with van der Waals surface area (Å²) in [6, 6.07) is 0. The van der Waals surface area contributed by atoms with Crippen LogP contribution in [0.15, 0.2) is 29.9 Å². The van der Waals surface area contributed by atoms with Crippen LogP contribution < -0.4 is 0 Å². The van der Waals surface area contributed by atoms with Gasteiger partial charge < -0.3 is 4.90 Å². The summed E-state index contributed by atoms with van der Waals surface area (Å²) in [6.45, 7) is 12.1. The Kier molecular flexibility index (Phi) is 2.91. The molecular formula is C11H18N2. The van der Waals surface area contributed by atoms with Crippen LogP contribution in [-0.4, -0.2) is 23.8 Å². The van der Waals surface area contributed by atoms with Gasteiger partial charge >= 0.3 is 0 Å². The Morgan fingerprint density at radius 2 is 2.15 bits per heavy atom. The fourth-order valence-electron chi connectivity index (χ4n) is 1.44. The Hall–Kier alpha value is -1.05. The van der Waals surface area contributed by atoms with Gasteiger partial charge in [-0.1, -0.05) is 33.4 Å². The monoisotopic (exact) mass is 178 g/mol. The Balaban J connectivity index is 2.74. The van der Waals surface area contributed by atoms with Crippen molar-refractivity contribution in [3.8, 4) is 0 Å². The standard InChI is InChI=1S/C11H18N2/c1-5-6-8-13-9-7-12-10(13)11(2,3)4/h5-6,8H,1,7,9H2,2-4H3/b8-6-. The van der Waals surface area contributed by atoms with Crippen molar-refractivity contribution in [1.82, 2.24) is 4.90 Å². The fraction of sp³-hybridized carbons (Fsp3) is 0.545. The van der Waals surface area contributed by atoms with E-state index in [4.69, 9.17) is 0 Å². The third-order valence-electron chi connectivity index (χ3n) is 1.95. The molecule has 1 heterocycles. The number of amidine groups is 1. The molecule has 0 aliphatic carbocycles. The molecule has 0 bridgehead atoms. The van der Waals surface area contributed by atoms with Gasteiger partial charge in [-0.2, -0.15) is 0 Å². The van der Waals surface area contributed by atoms with E-state index >= 15 is 0 Å². The minimum absolute atomic E-state index is 0.141. The molecule has 1 rings (SSSR count). The van der Waals surface area contributed by atoms with Crippen molar-refractivity contribution in [1.29, 1.82) is 0 Å². The SMILES string of the molecule is C=C/C=C\N1CCN=C1C(C)(C)C. The smallest absolute Gasteiger partial charge is 0.108 e. The molecule has 0 aromatic carbocycles. The molecule has 0 fully saturated rings. The average Bonchev–Trinajstić information content (AvgIpc) is 2.47. The number of nitrogens with zero attached hydrogens (tertiary/aromatic N) is 2. The highest BCUT2D eigenvalue weighted by Crippen LogP contribution is 2.22. The molecule has 0 saturated carbocycles. The zero-order valence-electron chi connectivity index (χ0n) is 8.75. The van der Waals surface area contributed by atoms with Gasteiger partial charge in [0, 0.05) is 18.2 Å². The second-order valence-electron chi connectivity index (χ2n) is 4.23. The molecule has 2 nitrogen and oxygen atoms in total. The predicted molar refractivity (Wildman–Crippen MR) is 57.8 cm³/mol. The molecule has 0 atom stereocenters. The molecule has 72 valence electrons. The summed E-state index contributed by atoms with van der Waals surface area (Å²) in [5.41, 5.74) is 0.141. The molecule has 0 aromatic rings. The van der Waals surface area contributed by atoms with E-state index in [1.807, 2.05) is 12.3 Å². The second-order valence-corrected chi connectivity index (χ2v) is 4.23. The number of hydrogen-bond donors (Lipinski definition) is 0. The van der Waals surface area contributed by atoms with Crippen molar-refractivity contribution < 1.29 is 0 Å². The summed E-state index contributed by atoms with van der Waals surface area (Å²) in [5, 5.41) is 0. The first-order valence-electron chi connectivity index (χ1n) is 4.66. The normalized spacial score (nSPS) is 18.1. The van der Waals surface area contributed by atoms with Gasteiger partial charge in [0.05, 0.1) is 6.54 Å². The van der Waals surface area contributed by atoms with E-state index in [9.17, 15) is 0 Å². The number of rotatable bonds is 2. The predicted octanol–water partition coefficient (Wildman–Crippen LogP) is 2.45. The molecule has 0 spiro atoms. The van der Waals surface area contributed by atoms with Crippen LogP contribution >= 0.6 is 0 Å². The Bertz CT molecular complexity index is 243. The highest BCUT2D eigenvalue weighted by molar-refractivity contribution is 5.89. The quantitative estimate of drug-likeness (QED) is 0.593. The molecule has 0 amide bonds. The van der Waals surface area contributed by atoms with E-state index in [2.05, 4.69) is 37.2 Å². The lowest BCUT2D eigenvalue weighted by atomic mass is 9.94. The molecule has 0 radical (unpaired) electrons. The van der Waals surface area contributed by atoms with E-state index in [1.165, 1.54) is 5.84 Å². The second kappa shape index (κ2) is 3.77. The maximum Gasteiger partial charge on any atom is 0.108 e. The first-order chi connectivity index (χ1) is 6.05. The first kappa shape index (κ1) is 10.0. The molecular weight excluding hydrogens is 160 g/mol. The largest absolute Gasteiger partial charge is 0.334 e. The van der Waals surface area contributed by atoms with E-state index < -0.39 is 0 Å². The van der Waals surface area contributed by atoms with E-state index in [1.54, 1.807) is 6.08 Å². The van der Waals surface area contributed by atoms with Crippen LogP contribution in [0.2, 0.25) is 0 Å². The van der Waals surface area contributed by atoms with Gasteiger partial charge in [-0.05, 0) is 6.08 Å². The van der Waals surface area contributed by atoms with Crippen molar-refractivity contribution in [2.24, 2.45) is 10.4 Å². The Labute approximate surface area is 80.7 Å². The molecule has 0 unspecified atom stereocenters. The van der Waals surface area contributed by atoms with Crippen molar-refractivity contribution in [2.75, 3.05) is 13.1 Å². The topological polar surface area (TPSA) is 15.6 Å². The first-order valence-corrected chi connectivity index (χ1v) is 4.66. The summed E-state index contributed by atoms with van der Waals surface area (Å²) < 4.78 is 0. The van der Waals surface area contributed by atoms with Gasteiger partial charge in [-0.25, -0.2) is 0 Å².